The van der Waals surface area contributed by atoms with Gasteiger partial charge in [0, 0.05) is 17.3 Å². The van der Waals surface area contributed by atoms with Crippen LogP contribution in [-0.2, 0) is 10.4 Å². The summed E-state index contributed by atoms with van der Waals surface area (Å²) in [6, 6.07) is 6.15. The average Bonchev–Trinajstić information content (AvgIpc) is 2.21. The predicted molar refractivity (Wildman–Crippen MR) is 58.3 cm³/mol. The first kappa shape index (κ1) is 10.7. The summed E-state index contributed by atoms with van der Waals surface area (Å²) in [5.74, 6) is -0.0627. The van der Waals surface area contributed by atoms with Crippen LogP contribution in [-0.4, -0.2) is 18.0 Å². The molecule has 16 heavy (non-hydrogen) atoms. The Kier molecular flexibility index (Phi) is 2.41. The molecular formula is C9H8N2O4S. The van der Waals surface area contributed by atoms with Crippen molar-refractivity contribution < 1.29 is 17.2 Å². The fourth-order valence-corrected chi connectivity index (χ4v) is 1.71. The van der Waals surface area contributed by atoms with Crippen LogP contribution in [0.3, 0.4) is 0 Å². The molecular weight excluding hydrogens is 232 g/mol. The molecule has 7 heteroatoms. The van der Waals surface area contributed by atoms with Crippen molar-refractivity contribution in [3.8, 4) is 5.75 Å². The van der Waals surface area contributed by atoms with Crippen LogP contribution in [0.25, 0.3) is 10.9 Å². The number of nitrogens with zero attached hydrogens (tertiary/aromatic N) is 1. The maximum Gasteiger partial charge on any atom is 0.446 e. The molecule has 0 saturated heterocycles. The van der Waals surface area contributed by atoms with Crippen LogP contribution in [0.2, 0.25) is 0 Å². The van der Waals surface area contributed by atoms with E-state index in [0.717, 1.165) is 0 Å². The van der Waals surface area contributed by atoms with Crippen molar-refractivity contribution in [1.29, 1.82) is 0 Å². The Balaban J connectivity index is 2.68. The topological polar surface area (TPSA) is 103 Å². The van der Waals surface area contributed by atoms with Crippen molar-refractivity contribution in [2.24, 2.45) is 0 Å². The number of pyridine rings is 1. The fraction of sp³-hybridized carbons (Fsp3) is 0. The standard InChI is InChI=1S/C9H8N2O4S/c10-7-3-4-8(15-16(12,13)14)9-6(7)2-1-5-11-9/h1-5H,10H2,(H,12,13,14). The highest BCUT2D eigenvalue weighted by molar-refractivity contribution is 7.81. The molecule has 6 nitrogen and oxygen atoms in total. The minimum Gasteiger partial charge on any atom is -0.398 e. The lowest BCUT2D eigenvalue weighted by Crippen LogP contribution is -2.07. The largest absolute Gasteiger partial charge is 0.446 e. The van der Waals surface area contributed by atoms with Gasteiger partial charge < -0.3 is 9.92 Å². The number of rotatable bonds is 2. The van der Waals surface area contributed by atoms with Crippen LogP contribution in [0.1, 0.15) is 0 Å². The number of nitrogen functional groups attached to an aromatic ring is 1. The summed E-state index contributed by atoms with van der Waals surface area (Å²) >= 11 is 0. The monoisotopic (exact) mass is 240 g/mol. The van der Waals surface area contributed by atoms with Crippen molar-refractivity contribution in [3.05, 3.63) is 30.5 Å². The number of anilines is 1. The first-order chi connectivity index (χ1) is 7.47. The first-order valence-corrected chi connectivity index (χ1v) is 5.64. The van der Waals surface area contributed by atoms with E-state index in [9.17, 15) is 8.42 Å². The van der Waals surface area contributed by atoms with Crippen LogP contribution in [0, 0.1) is 0 Å². The molecule has 0 aliphatic rings. The normalized spacial score (nSPS) is 11.6. The summed E-state index contributed by atoms with van der Waals surface area (Å²) in [5, 5.41) is 0.559. The van der Waals surface area contributed by atoms with Crippen molar-refractivity contribution in [2.45, 2.75) is 0 Å². The summed E-state index contributed by atoms with van der Waals surface area (Å²) in [5.41, 5.74) is 6.41. The van der Waals surface area contributed by atoms with Gasteiger partial charge in [-0.05, 0) is 24.3 Å². The minimum atomic E-state index is -4.56. The third-order valence-electron chi connectivity index (χ3n) is 1.96. The van der Waals surface area contributed by atoms with Gasteiger partial charge in [-0.15, -0.1) is 0 Å². The highest BCUT2D eigenvalue weighted by atomic mass is 32.3. The third-order valence-corrected chi connectivity index (χ3v) is 2.35. The third kappa shape index (κ3) is 2.05. The highest BCUT2D eigenvalue weighted by Crippen LogP contribution is 2.28. The number of nitrogens with two attached hydrogens (primary N) is 1. The maximum atomic E-state index is 10.6. The summed E-state index contributed by atoms with van der Waals surface area (Å²) in [4.78, 5) is 3.95. The molecule has 0 aliphatic heterocycles. The van der Waals surface area contributed by atoms with Gasteiger partial charge in [-0.3, -0.25) is 9.54 Å². The van der Waals surface area contributed by atoms with Crippen molar-refractivity contribution in [1.82, 2.24) is 4.98 Å². The molecule has 0 fully saturated rings. The zero-order valence-corrected chi connectivity index (χ0v) is 8.81. The number of benzene rings is 1. The van der Waals surface area contributed by atoms with Gasteiger partial charge in [0.2, 0.25) is 0 Å². The Bertz CT molecular complexity index is 639. The van der Waals surface area contributed by atoms with E-state index in [-0.39, 0.29) is 11.3 Å². The van der Waals surface area contributed by atoms with Crippen LogP contribution in [0.5, 0.6) is 5.75 Å². The highest BCUT2D eigenvalue weighted by Gasteiger charge is 2.12. The number of hydrogen-bond donors (Lipinski definition) is 2. The smallest absolute Gasteiger partial charge is 0.398 e. The molecule has 1 aromatic heterocycles. The van der Waals surface area contributed by atoms with Crippen molar-refractivity contribution in [2.75, 3.05) is 5.73 Å². The van der Waals surface area contributed by atoms with Gasteiger partial charge >= 0.3 is 10.4 Å². The molecule has 84 valence electrons. The Morgan fingerprint density at radius 1 is 1.31 bits per heavy atom. The Morgan fingerprint density at radius 2 is 2.06 bits per heavy atom. The molecule has 0 spiro atoms. The number of aromatic nitrogens is 1. The summed E-state index contributed by atoms with van der Waals surface area (Å²) in [7, 11) is -4.56. The molecule has 0 bridgehead atoms. The first-order valence-electron chi connectivity index (χ1n) is 4.27. The lowest BCUT2D eigenvalue weighted by Gasteiger charge is -2.06. The van der Waals surface area contributed by atoms with Gasteiger partial charge in [0.1, 0.15) is 5.52 Å². The summed E-state index contributed by atoms with van der Waals surface area (Å²) in [6.45, 7) is 0. The minimum absolute atomic E-state index is 0.0627. The molecule has 0 atom stereocenters. The Morgan fingerprint density at radius 3 is 2.75 bits per heavy atom. The molecule has 2 aromatic rings. The lowest BCUT2D eigenvalue weighted by molar-refractivity contribution is 0.388. The van der Waals surface area contributed by atoms with Crippen LogP contribution in [0.15, 0.2) is 30.5 Å². The van der Waals surface area contributed by atoms with E-state index in [1.54, 1.807) is 12.1 Å². The molecule has 0 radical (unpaired) electrons. The SMILES string of the molecule is Nc1ccc(OS(=O)(=O)O)c2ncccc12. The van der Waals surface area contributed by atoms with E-state index < -0.39 is 10.4 Å². The Hall–Kier alpha value is -1.86. The quantitative estimate of drug-likeness (QED) is 0.599. The second kappa shape index (κ2) is 3.62. The van der Waals surface area contributed by atoms with E-state index in [1.165, 1.54) is 18.3 Å². The summed E-state index contributed by atoms with van der Waals surface area (Å²) < 4.78 is 34.2. The second-order valence-electron chi connectivity index (χ2n) is 3.06. The van der Waals surface area contributed by atoms with E-state index in [1.807, 2.05) is 0 Å². The van der Waals surface area contributed by atoms with E-state index >= 15 is 0 Å². The number of fused-ring (bicyclic) bond motifs is 1. The lowest BCUT2D eigenvalue weighted by atomic mass is 10.2. The van der Waals surface area contributed by atoms with Gasteiger partial charge in [-0.25, -0.2) is 0 Å². The second-order valence-corrected chi connectivity index (χ2v) is 4.09. The van der Waals surface area contributed by atoms with E-state index in [0.29, 0.717) is 11.1 Å². The fourth-order valence-electron chi connectivity index (χ4n) is 1.35. The molecule has 0 aliphatic carbocycles. The number of hydrogen-bond acceptors (Lipinski definition) is 5. The van der Waals surface area contributed by atoms with Crippen LogP contribution in [0.4, 0.5) is 5.69 Å². The summed E-state index contributed by atoms with van der Waals surface area (Å²) in [6.07, 6.45) is 1.47. The van der Waals surface area contributed by atoms with Crippen LogP contribution >= 0.6 is 0 Å². The average molecular weight is 240 g/mol. The molecule has 0 amide bonds. The molecule has 1 aromatic carbocycles. The maximum absolute atomic E-state index is 10.6. The van der Waals surface area contributed by atoms with Gasteiger partial charge in [0.25, 0.3) is 0 Å². The zero-order valence-electron chi connectivity index (χ0n) is 7.99. The molecule has 2 rings (SSSR count). The van der Waals surface area contributed by atoms with E-state index in [4.69, 9.17) is 10.3 Å². The predicted octanol–water partition coefficient (Wildman–Crippen LogP) is 0.999. The van der Waals surface area contributed by atoms with Gasteiger partial charge in [0.05, 0.1) is 0 Å². The molecule has 3 N–H and O–H groups in total. The van der Waals surface area contributed by atoms with Gasteiger partial charge in [-0.1, -0.05) is 0 Å². The van der Waals surface area contributed by atoms with Crippen molar-refractivity contribution >= 4 is 27.0 Å². The molecule has 1 heterocycles. The van der Waals surface area contributed by atoms with Crippen molar-refractivity contribution in [3.63, 3.8) is 0 Å². The van der Waals surface area contributed by atoms with Gasteiger partial charge in [-0.2, -0.15) is 8.42 Å². The Labute approximate surface area is 91.6 Å². The van der Waals surface area contributed by atoms with Crippen LogP contribution < -0.4 is 9.92 Å². The van der Waals surface area contributed by atoms with E-state index in [2.05, 4.69) is 9.17 Å². The van der Waals surface area contributed by atoms with Gasteiger partial charge in [0.15, 0.2) is 5.75 Å². The zero-order chi connectivity index (χ0) is 11.8. The molecule has 0 saturated carbocycles. The molecule has 0 unspecified atom stereocenters.